The number of hydrogen-bond donors (Lipinski definition) is 0. The Balaban J connectivity index is 2.02. The molecule has 0 radical (unpaired) electrons. The first-order chi connectivity index (χ1) is 16.7. The largest absolute Gasteiger partial charge is 0.523 e. The van der Waals surface area contributed by atoms with E-state index >= 15 is 0 Å². The van der Waals surface area contributed by atoms with Gasteiger partial charge in [-0.3, -0.25) is 8.98 Å². The second-order valence-corrected chi connectivity index (χ2v) is 10.1. The molecule has 1 aromatic rings. The van der Waals surface area contributed by atoms with Crippen LogP contribution < -0.4 is 0 Å². The molecular weight excluding hydrogens is 485 g/mol. The van der Waals surface area contributed by atoms with Crippen LogP contribution in [0.2, 0.25) is 0 Å². The second kappa shape index (κ2) is 17.6. The first-order valence-corrected chi connectivity index (χ1v) is 13.9. The Bertz CT molecular complexity index is 831. The Morgan fingerprint density at radius 3 is 1.94 bits per heavy atom. The number of halogens is 3. The van der Waals surface area contributed by atoms with Crippen molar-refractivity contribution in [1.29, 1.82) is 0 Å². The standard InChI is InChI=1S/C25H39F3O6S/c1-2-3-4-5-6-7-8-9-10-11-12-13-14-15-16-17-24(29)32-20-22-18-19-23(34-22)21-33-35(30,31)25(26,27)28/h9-10,18-19H,2-8,11-17,20-21H2,1H3/b10-9-. The highest BCUT2D eigenvalue weighted by Gasteiger charge is 2.47. The van der Waals surface area contributed by atoms with E-state index in [4.69, 9.17) is 9.15 Å². The lowest BCUT2D eigenvalue weighted by Crippen LogP contribution is -2.25. The van der Waals surface area contributed by atoms with Gasteiger partial charge in [0.05, 0.1) is 0 Å². The van der Waals surface area contributed by atoms with Gasteiger partial charge in [-0.1, -0.05) is 70.4 Å². The molecule has 0 aliphatic rings. The van der Waals surface area contributed by atoms with Gasteiger partial charge in [0.25, 0.3) is 0 Å². The number of carbonyl (C=O) groups excluding carboxylic acids is 1. The smallest absolute Gasteiger partial charge is 0.460 e. The van der Waals surface area contributed by atoms with Crippen molar-refractivity contribution in [3.05, 3.63) is 35.8 Å². The number of carbonyl (C=O) groups is 1. The number of hydrogen-bond acceptors (Lipinski definition) is 6. The zero-order valence-electron chi connectivity index (χ0n) is 20.6. The summed E-state index contributed by atoms with van der Waals surface area (Å²) >= 11 is 0. The van der Waals surface area contributed by atoms with Gasteiger partial charge < -0.3 is 9.15 Å². The van der Waals surface area contributed by atoms with E-state index in [-0.39, 0.29) is 24.5 Å². The van der Waals surface area contributed by atoms with Crippen LogP contribution in [-0.4, -0.2) is 19.9 Å². The third-order valence-electron chi connectivity index (χ3n) is 5.38. The molecule has 0 fully saturated rings. The summed E-state index contributed by atoms with van der Waals surface area (Å²) in [6.45, 7) is 1.15. The number of unbranched alkanes of at least 4 members (excludes halogenated alkanes) is 11. The summed E-state index contributed by atoms with van der Waals surface area (Å²) in [5.41, 5.74) is -5.50. The van der Waals surface area contributed by atoms with Crippen molar-refractivity contribution >= 4 is 16.1 Å². The molecule has 0 aliphatic carbocycles. The minimum absolute atomic E-state index is 0.124. The maximum Gasteiger partial charge on any atom is 0.523 e. The van der Waals surface area contributed by atoms with Gasteiger partial charge >= 0.3 is 21.6 Å². The second-order valence-electron chi connectivity index (χ2n) is 8.53. The van der Waals surface area contributed by atoms with Crippen molar-refractivity contribution in [2.45, 2.75) is 116 Å². The molecule has 0 saturated heterocycles. The highest BCUT2D eigenvalue weighted by atomic mass is 32.2. The van der Waals surface area contributed by atoms with E-state index < -0.39 is 28.2 Å². The first kappa shape index (κ1) is 31.2. The van der Waals surface area contributed by atoms with E-state index in [2.05, 4.69) is 23.3 Å². The molecule has 0 spiro atoms. The molecule has 0 aromatic carbocycles. The van der Waals surface area contributed by atoms with Gasteiger partial charge in [0.2, 0.25) is 0 Å². The van der Waals surface area contributed by atoms with Crippen molar-refractivity contribution < 1.29 is 39.7 Å². The highest BCUT2D eigenvalue weighted by molar-refractivity contribution is 7.87. The van der Waals surface area contributed by atoms with Crippen LogP contribution in [0.4, 0.5) is 13.2 Å². The average Bonchev–Trinajstić information content (AvgIpc) is 3.26. The van der Waals surface area contributed by atoms with Crippen LogP contribution in [0.25, 0.3) is 0 Å². The maximum atomic E-state index is 12.2. The van der Waals surface area contributed by atoms with Gasteiger partial charge in [-0.15, -0.1) is 0 Å². The van der Waals surface area contributed by atoms with Crippen molar-refractivity contribution in [3.8, 4) is 0 Å². The van der Waals surface area contributed by atoms with Gasteiger partial charge in [-0.2, -0.15) is 21.6 Å². The van der Waals surface area contributed by atoms with Crippen LogP contribution in [-0.2, 0) is 37.0 Å². The van der Waals surface area contributed by atoms with E-state index in [1.165, 1.54) is 57.1 Å². The van der Waals surface area contributed by atoms with Crippen molar-refractivity contribution in [2.24, 2.45) is 0 Å². The van der Waals surface area contributed by atoms with E-state index in [0.29, 0.717) is 0 Å². The molecule has 0 amide bonds. The fourth-order valence-corrected chi connectivity index (χ4v) is 3.75. The van der Waals surface area contributed by atoms with Gasteiger partial charge in [0.1, 0.15) is 24.7 Å². The van der Waals surface area contributed by atoms with E-state index in [9.17, 15) is 26.4 Å². The van der Waals surface area contributed by atoms with Crippen LogP contribution >= 0.6 is 0 Å². The molecule has 0 aliphatic heterocycles. The number of allylic oxidation sites excluding steroid dienone is 2. The normalized spacial score (nSPS) is 12.5. The molecule has 0 bridgehead atoms. The topological polar surface area (TPSA) is 82.8 Å². The lowest BCUT2D eigenvalue weighted by molar-refractivity contribution is -0.145. The van der Waals surface area contributed by atoms with Crippen LogP contribution in [0.1, 0.15) is 108 Å². The molecule has 0 unspecified atom stereocenters. The molecule has 0 atom stereocenters. The summed E-state index contributed by atoms with van der Waals surface area (Å²) in [7, 11) is -5.69. The number of ether oxygens (including phenoxy) is 1. The Morgan fingerprint density at radius 2 is 1.37 bits per heavy atom. The zero-order chi connectivity index (χ0) is 26.0. The van der Waals surface area contributed by atoms with Crippen LogP contribution in [0.5, 0.6) is 0 Å². The molecule has 0 saturated carbocycles. The van der Waals surface area contributed by atoms with Crippen molar-refractivity contribution in [3.63, 3.8) is 0 Å². The molecule has 35 heavy (non-hydrogen) atoms. The van der Waals surface area contributed by atoms with E-state index in [1.54, 1.807) is 0 Å². The van der Waals surface area contributed by atoms with Crippen molar-refractivity contribution in [2.75, 3.05) is 0 Å². The molecule has 6 nitrogen and oxygen atoms in total. The molecule has 1 heterocycles. The molecule has 202 valence electrons. The van der Waals surface area contributed by atoms with Gasteiger partial charge in [-0.25, -0.2) is 0 Å². The van der Waals surface area contributed by atoms with E-state index in [0.717, 1.165) is 38.5 Å². The maximum absolute atomic E-state index is 12.2. The zero-order valence-corrected chi connectivity index (χ0v) is 21.4. The number of rotatable bonds is 20. The molecule has 1 aromatic heterocycles. The van der Waals surface area contributed by atoms with Crippen LogP contribution in [0.3, 0.4) is 0 Å². The number of furan rings is 1. The summed E-state index contributed by atoms with van der Waals surface area (Å²) in [5, 5.41) is 0. The summed E-state index contributed by atoms with van der Waals surface area (Å²) < 4.78 is 72.6. The predicted octanol–water partition coefficient (Wildman–Crippen LogP) is 7.73. The van der Waals surface area contributed by atoms with Gasteiger partial charge in [0, 0.05) is 6.42 Å². The first-order valence-electron chi connectivity index (χ1n) is 12.5. The fraction of sp³-hybridized carbons (Fsp3) is 0.720. The van der Waals surface area contributed by atoms with Crippen molar-refractivity contribution in [1.82, 2.24) is 0 Å². The van der Waals surface area contributed by atoms with E-state index in [1.807, 2.05) is 0 Å². The summed E-state index contributed by atoms with van der Waals surface area (Å²) in [6, 6.07) is 2.65. The lowest BCUT2D eigenvalue weighted by atomic mass is 10.1. The van der Waals surface area contributed by atoms with Gasteiger partial charge in [-0.05, 0) is 44.2 Å². The Morgan fingerprint density at radius 1 is 0.857 bits per heavy atom. The summed E-state index contributed by atoms with van der Waals surface area (Å²) in [4.78, 5) is 11.8. The quantitative estimate of drug-likeness (QED) is 0.0571. The third kappa shape index (κ3) is 15.0. The molecule has 0 N–H and O–H groups in total. The number of esters is 1. The average molecular weight is 525 g/mol. The SMILES string of the molecule is CCCCCCCC/C=C\CCCCCCCC(=O)OCc1ccc(COS(=O)(=O)C(F)(F)F)o1. The predicted molar refractivity (Wildman–Crippen MR) is 128 cm³/mol. The monoisotopic (exact) mass is 524 g/mol. The number of alkyl halides is 3. The minimum atomic E-state index is -5.69. The molecule has 10 heteroatoms. The van der Waals surface area contributed by atoms with Crippen LogP contribution in [0.15, 0.2) is 28.7 Å². The Hall–Kier alpha value is -1.81. The molecular formula is C25H39F3O6S. The Kier molecular flexibility index (Phi) is 15.7. The fourth-order valence-electron chi connectivity index (χ4n) is 3.34. The van der Waals surface area contributed by atoms with Gasteiger partial charge in [0.15, 0.2) is 0 Å². The Labute approximate surface area is 207 Å². The van der Waals surface area contributed by atoms with Crippen LogP contribution in [0, 0.1) is 0 Å². The highest BCUT2D eigenvalue weighted by Crippen LogP contribution is 2.25. The lowest BCUT2D eigenvalue weighted by Gasteiger charge is -2.06. The minimum Gasteiger partial charge on any atom is -0.460 e. The molecule has 1 rings (SSSR count). The third-order valence-corrected chi connectivity index (χ3v) is 6.37. The summed E-state index contributed by atoms with van der Waals surface area (Å²) in [6.07, 6.45) is 20.0. The summed E-state index contributed by atoms with van der Waals surface area (Å²) in [5.74, 6) is -0.330.